The summed E-state index contributed by atoms with van der Waals surface area (Å²) in [7, 11) is 0. The molecule has 0 spiro atoms. The molecule has 2 aliphatic heterocycles. The number of esters is 1. The van der Waals surface area contributed by atoms with Gasteiger partial charge >= 0.3 is 5.97 Å². The van der Waals surface area contributed by atoms with Gasteiger partial charge in [-0.05, 0) is 47.4 Å². The maximum absolute atomic E-state index is 12.8. The number of ether oxygens (including phenoxy) is 1. The molecule has 34 heavy (non-hydrogen) atoms. The molecule has 0 bridgehead atoms. The van der Waals surface area contributed by atoms with Gasteiger partial charge in [-0.3, -0.25) is 19.5 Å². The van der Waals surface area contributed by atoms with Crippen molar-refractivity contribution >= 4 is 35.5 Å². The highest BCUT2D eigenvalue weighted by molar-refractivity contribution is 7.99. The minimum atomic E-state index is -0.342. The first kappa shape index (κ1) is 24.3. The average Bonchev–Trinajstić information content (AvgIpc) is 2.87. The lowest BCUT2D eigenvalue weighted by Gasteiger charge is -2.28. The monoisotopic (exact) mass is 482 g/mol. The van der Waals surface area contributed by atoms with Crippen LogP contribution in [0.15, 0.2) is 47.6 Å². The molecule has 0 aromatic heterocycles. The van der Waals surface area contributed by atoms with Crippen LogP contribution < -0.4 is 5.32 Å². The van der Waals surface area contributed by atoms with Gasteiger partial charge in [0.25, 0.3) is 5.91 Å². The summed E-state index contributed by atoms with van der Waals surface area (Å²) in [4.78, 5) is 26.6. The average molecular weight is 483 g/mol. The van der Waals surface area contributed by atoms with Crippen LogP contribution in [0.1, 0.15) is 27.0 Å². The Bertz CT molecular complexity index is 1020. The molecule has 2 aromatic carbocycles. The van der Waals surface area contributed by atoms with Crippen LogP contribution in [0.4, 0.5) is 5.69 Å². The summed E-state index contributed by atoms with van der Waals surface area (Å²) >= 11 is 1.95. The highest BCUT2D eigenvalue weighted by atomic mass is 32.2. The van der Waals surface area contributed by atoms with Crippen molar-refractivity contribution in [3.8, 4) is 0 Å². The van der Waals surface area contributed by atoms with Crippen molar-refractivity contribution < 1.29 is 19.4 Å². The minimum absolute atomic E-state index is 0.0188. The number of benzene rings is 2. The van der Waals surface area contributed by atoms with Gasteiger partial charge in [0.1, 0.15) is 6.61 Å². The molecule has 8 nitrogen and oxygen atoms in total. The van der Waals surface area contributed by atoms with Gasteiger partial charge in [0, 0.05) is 48.9 Å². The lowest BCUT2D eigenvalue weighted by Crippen LogP contribution is -2.35. The fraction of sp³-hybridized carbons (Fsp3) is 0.400. The Balaban J connectivity index is 1.33. The number of nitrogens with zero attached hydrogens (tertiary/aromatic N) is 3. The van der Waals surface area contributed by atoms with Gasteiger partial charge in [0.05, 0.1) is 19.4 Å². The Morgan fingerprint density at radius 1 is 1.09 bits per heavy atom. The van der Waals surface area contributed by atoms with Crippen molar-refractivity contribution in [2.24, 2.45) is 5.10 Å². The molecular formula is C25H30N4O4S. The van der Waals surface area contributed by atoms with Crippen molar-refractivity contribution in [1.82, 2.24) is 9.91 Å². The third-order valence-electron chi connectivity index (χ3n) is 5.79. The number of fused-ring (bicyclic) bond motifs is 1. The standard InChI is InChI=1S/C25H30N4O4S/c30-11-12-33-24(31)18-28-8-7-20-5-6-23(15-22(20)17-28)27-25(32)21-3-1-19(2-4-21)16-26-29-9-13-34-14-10-29/h1-6,15-16,30H,7-14,17-18H2,(H,27,32)/b26-16+. The molecule has 2 aliphatic rings. The zero-order chi connectivity index (χ0) is 23.8. The van der Waals surface area contributed by atoms with Crippen LogP contribution in [0, 0.1) is 0 Å². The SMILES string of the molecule is O=C(CN1CCc2ccc(NC(=O)c3ccc(/C=N/N4CCSCC4)cc3)cc2C1)OCCO. The van der Waals surface area contributed by atoms with Gasteiger partial charge in [0.15, 0.2) is 0 Å². The molecule has 180 valence electrons. The Kier molecular flexibility index (Phi) is 8.56. The Labute approximate surface area is 204 Å². The van der Waals surface area contributed by atoms with Gasteiger partial charge in [0.2, 0.25) is 0 Å². The van der Waals surface area contributed by atoms with Crippen LogP contribution in [0.5, 0.6) is 0 Å². The zero-order valence-corrected chi connectivity index (χ0v) is 19.9. The number of nitrogens with one attached hydrogen (secondary N) is 1. The molecule has 0 radical (unpaired) electrons. The number of hydrazone groups is 1. The summed E-state index contributed by atoms with van der Waals surface area (Å²) in [6.45, 7) is 3.33. The van der Waals surface area contributed by atoms with E-state index in [1.807, 2.05) is 53.2 Å². The number of rotatable bonds is 8. The number of aliphatic hydroxyl groups excluding tert-OH is 1. The van der Waals surface area contributed by atoms with Crippen LogP contribution in [0.3, 0.4) is 0 Å². The second kappa shape index (κ2) is 12.0. The first-order chi connectivity index (χ1) is 16.6. The summed E-state index contributed by atoms with van der Waals surface area (Å²) in [5.41, 5.74) is 4.57. The molecule has 0 saturated carbocycles. The molecule has 1 amide bonds. The number of anilines is 1. The summed E-state index contributed by atoms with van der Waals surface area (Å²) in [6.07, 6.45) is 2.67. The Hall–Kier alpha value is -2.88. The topological polar surface area (TPSA) is 94.5 Å². The fourth-order valence-electron chi connectivity index (χ4n) is 3.96. The number of thioether (sulfide) groups is 1. The maximum Gasteiger partial charge on any atom is 0.320 e. The van der Waals surface area contributed by atoms with Crippen LogP contribution in [0.2, 0.25) is 0 Å². The lowest BCUT2D eigenvalue weighted by molar-refractivity contribution is -0.146. The lowest BCUT2D eigenvalue weighted by atomic mass is 9.99. The van der Waals surface area contributed by atoms with Crippen molar-refractivity contribution in [2.45, 2.75) is 13.0 Å². The van der Waals surface area contributed by atoms with Gasteiger partial charge in [-0.2, -0.15) is 16.9 Å². The first-order valence-corrected chi connectivity index (χ1v) is 12.6. The van der Waals surface area contributed by atoms with Crippen LogP contribution >= 0.6 is 11.8 Å². The van der Waals surface area contributed by atoms with E-state index in [2.05, 4.69) is 15.4 Å². The molecule has 2 heterocycles. The van der Waals surface area contributed by atoms with E-state index in [1.54, 1.807) is 12.1 Å². The highest BCUT2D eigenvalue weighted by Crippen LogP contribution is 2.23. The summed E-state index contributed by atoms with van der Waals surface area (Å²) < 4.78 is 4.96. The predicted octanol–water partition coefficient (Wildman–Crippen LogP) is 2.22. The van der Waals surface area contributed by atoms with E-state index in [1.165, 1.54) is 5.56 Å². The Morgan fingerprint density at radius 2 is 1.88 bits per heavy atom. The van der Waals surface area contributed by atoms with Gasteiger partial charge in [-0.15, -0.1) is 0 Å². The summed E-state index contributed by atoms with van der Waals surface area (Å²) in [5.74, 6) is 1.70. The molecule has 0 aliphatic carbocycles. The third-order valence-corrected chi connectivity index (χ3v) is 6.74. The van der Waals surface area contributed by atoms with E-state index >= 15 is 0 Å². The number of carbonyl (C=O) groups excluding carboxylic acids is 2. The molecule has 0 atom stereocenters. The number of amides is 1. The number of hydrogen-bond donors (Lipinski definition) is 2. The van der Waals surface area contributed by atoms with E-state index < -0.39 is 0 Å². The smallest absolute Gasteiger partial charge is 0.320 e. The van der Waals surface area contributed by atoms with E-state index in [-0.39, 0.29) is 31.6 Å². The summed E-state index contributed by atoms with van der Waals surface area (Å²) in [6, 6.07) is 13.3. The molecule has 9 heteroatoms. The number of hydrogen-bond acceptors (Lipinski definition) is 8. The zero-order valence-electron chi connectivity index (χ0n) is 19.1. The largest absolute Gasteiger partial charge is 0.462 e. The second-order valence-corrected chi connectivity index (χ2v) is 9.50. The second-order valence-electron chi connectivity index (χ2n) is 8.27. The molecule has 4 rings (SSSR count). The molecule has 1 fully saturated rings. The molecule has 1 saturated heterocycles. The molecule has 0 unspecified atom stereocenters. The third kappa shape index (κ3) is 6.82. The molecular weight excluding hydrogens is 452 g/mol. The van der Waals surface area contributed by atoms with Crippen molar-refractivity contribution in [2.75, 3.05) is 56.2 Å². The van der Waals surface area contributed by atoms with Gasteiger partial charge < -0.3 is 15.2 Å². The van der Waals surface area contributed by atoms with Crippen molar-refractivity contribution in [3.05, 3.63) is 64.7 Å². The van der Waals surface area contributed by atoms with Gasteiger partial charge in [-0.25, -0.2) is 0 Å². The normalized spacial score (nSPS) is 16.3. The number of aliphatic hydroxyl groups is 1. The predicted molar refractivity (Wildman–Crippen MR) is 134 cm³/mol. The van der Waals surface area contributed by atoms with Crippen LogP contribution in [-0.4, -0.2) is 84.0 Å². The van der Waals surface area contributed by atoms with Crippen LogP contribution in [-0.2, 0) is 22.5 Å². The van der Waals surface area contributed by atoms with E-state index in [9.17, 15) is 9.59 Å². The quantitative estimate of drug-likeness (QED) is 0.440. The van der Waals surface area contributed by atoms with Crippen LogP contribution in [0.25, 0.3) is 0 Å². The molecule has 2 N–H and O–H groups in total. The highest BCUT2D eigenvalue weighted by Gasteiger charge is 2.20. The van der Waals surface area contributed by atoms with E-state index in [0.29, 0.717) is 12.1 Å². The molecule has 2 aromatic rings. The van der Waals surface area contributed by atoms with E-state index in [0.717, 1.165) is 54.4 Å². The van der Waals surface area contributed by atoms with Gasteiger partial charge in [-0.1, -0.05) is 18.2 Å². The fourth-order valence-corrected chi connectivity index (χ4v) is 4.84. The Morgan fingerprint density at radius 3 is 2.65 bits per heavy atom. The summed E-state index contributed by atoms with van der Waals surface area (Å²) in [5, 5.41) is 18.4. The minimum Gasteiger partial charge on any atom is -0.462 e. The maximum atomic E-state index is 12.8. The first-order valence-electron chi connectivity index (χ1n) is 11.5. The van der Waals surface area contributed by atoms with Crippen molar-refractivity contribution in [3.63, 3.8) is 0 Å². The van der Waals surface area contributed by atoms with E-state index in [4.69, 9.17) is 9.84 Å². The number of carbonyl (C=O) groups is 2. The van der Waals surface area contributed by atoms with Crippen molar-refractivity contribution in [1.29, 1.82) is 0 Å².